The van der Waals surface area contributed by atoms with E-state index in [9.17, 15) is 4.79 Å². The fourth-order valence-corrected chi connectivity index (χ4v) is 4.20. The summed E-state index contributed by atoms with van der Waals surface area (Å²) < 4.78 is 0. The van der Waals surface area contributed by atoms with Gasteiger partial charge in [-0.15, -0.1) is 0 Å². The van der Waals surface area contributed by atoms with Crippen LogP contribution in [0.1, 0.15) is 51.5 Å². The van der Waals surface area contributed by atoms with E-state index in [4.69, 9.17) is 0 Å². The predicted molar refractivity (Wildman–Crippen MR) is 76.9 cm³/mol. The Morgan fingerprint density at radius 2 is 1.63 bits per heavy atom. The summed E-state index contributed by atoms with van der Waals surface area (Å²) >= 11 is 0. The van der Waals surface area contributed by atoms with Gasteiger partial charge in [0.05, 0.1) is 0 Å². The van der Waals surface area contributed by atoms with Crippen LogP contribution in [0.5, 0.6) is 0 Å². The Kier molecular flexibility index (Phi) is 3.01. The van der Waals surface area contributed by atoms with Crippen LogP contribution in [-0.2, 0) is 11.3 Å². The number of nitrogens with zero attached hydrogens (tertiary/aromatic N) is 1. The third-order valence-corrected chi connectivity index (χ3v) is 5.07. The minimum absolute atomic E-state index is 0.0676. The smallest absolute Gasteiger partial charge is 0.136 e. The van der Waals surface area contributed by atoms with Crippen LogP contribution in [0, 0.1) is 0 Å². The number of hydrogen-bond donors (Lipinski definition) is 0. The fourth-order valence-electron chi connectivity index (χ4n) is 4.20. The molecule has 2 bridgehead atoms. The highest BCUT2D eigenvalue weighted by molar-refractivity contribution is 5.82. The lowest BCUT2D eigenvalue weighted by Gasteiger charge is -2.58. The highest BCUT2D eigenvalue weighted by Gasteiger charge is 2.51. The van der Waals surface area contributed by atoms with E-state index in [1.165, 1.54) is 12.0 Å². The number of piperidine rings is 2. The van der Waals surface area contributed by atoms with Crippen molar-refractivity contribution in [2.24, 2.45) is 0 Å². The monoisotopic (exact) mass is 257 g/mol. The average Bonchev–Trinajstić information content (AvgIpc) is 2.33. The molecule has 19 heavy (non-hydrogen) atoms. The van der Waals surface area contributed by atoms with Crippen molar-refractivity contribution in [1.29, 1.82) is 0 Å². The molecule has 0 spiro atoms. The number of hydrogen-bond acceptors (Lipinski definition) is 2. The van der Waals surface area contributed by atoms with Crippen molar-refractivity contribution in [1.82, 2.24) is 4.90 Å². The maximum absolute atomic E-state index is 12.1. The molecule has 2 heterocycles. The van der Waals surface area contributed by atoms with Gasteiger partial charge in [-0.05, 0) is 38.7 Å². The summed E-state index contributed by atoms with van der Waals surface area (Å²) in [7, 11) is 0. The molecule has 0 saturated carbocycles. The highest BCUT2D eigenvalue weighted by atomic mass is 16.1. The van der Waals surface area contributed by atoms with Crippen LogP contribution >= 0.6 is 0 Å². The number of carbonyl (C=O) groups is 1. The summed E-state index contributed by atoms with van der Waals surface area (Å²) in [5.41, 5.74) is 1.49. The Morgan fingerprint density at radius 3 is 2.21 bits per heavy atom. The molecule has 2 aliphatic rings. The molecule has 1 aromatic rings. The van der Waals surface area contributed by atoms with E-state index in [-0.39, 0.29) is 11.1 Å². The van der Waals surface area contributed by atoms with E-state index in [1.54, 1.807) is 0 Å². The molecule has 0 aliphatic carbocycles. The maximum Gasteiger partial charge on any atom is 0.136 e. The Morgan fingerprint density at radius 1 is 1.05 bits per heavy atom. The zero-order chi connectivity index (χ0) is 13.5. The SMILES string of the molecule is CC12CCCC(C)(CC(=O)C1)N2Cc1ccccc1. The van der Waals surface area contributed by atoms with E-state index in [0.29, 0.717) is 5.78 Å². The van der Waals surface area contributed by atoms with Gasteiger partial charge in [-0.3, -0.25) is 9.69 Å². The Balaban J connectivity index is 1.92. The lowest BCUT2D eigenvalue weighted by Crippen LogP contribution is -2.65. The van der Waals surface area contributed by atoms with Gasteiger partial charge in [0.15, 0.2) is 0 Å². The first-order chi connectivity index (χ1) is 9.02. The standard InChI is InChI=1S/C17H23NO/c1-16-9-6-10-17(2,12-15(19)11-16)18(16)13-14-7-4-3-5-8-14/h3-5,7-8H,6,9-13H2,1-2H3. The van der Waals surface area contributed by atoms with E-state index < -0.39 is 0 Å². The molecule has 3 rings (SSSR count). The Bertz CT molecular complexity index is 461. The summed E-state index contributed by atoms with van der Waals surface area (Å²) in [5.74, 6) is 0.453. The number of Topliss-reactive ketones (excluding diaryl/α,β-unsaturated/α-hetero) is 1. The van der Waals surface area contributed by atoms with Gasteiger partial charge >= 0.3 is 0 Å². The molecule has 2 atom stereocenters. The predicted octanol–water partition coefficient (Wildman–Crippen LogP) is 3.55. The van der Waals surface area contributed by atoms with Crippen molar-refractivity contribution in [3.63, 3.8) is 0 Å². The van der Waals surface area contributed by atoms with Gasteiger partial charge in [0, 0.05) is 30.5 Å². The molecule has 0 N–H and O–H groups in total. The normalized spacial score (nSPS) is 35.4. The zero-order valence-corrected chi connectivity index (χ0v) is 12.0. The van der Waals surface area contributed by atoms with Crippen molar-refractivity contribution >= 4 is 5.78 Å². The first kappa shape index (κ1) is 12.9. The van der Waals surface area contributed by atoms with Crippen LogP contribution in [0.4, 0.5) is 0 Å². The third-order valence-electron chi connectivity index (χ3n) is 5.07. The molecule has 2 unspecified atom stereocenters. The van der Waals surface area contributed by atoms with Crippen molar-refractivity contribution in [3.8, 4) is 0 Å². The second-order valence-corrected chi connectivity index (χ2v) is 6.81. The first-order valence-corrected chi connectivity index (χ1v) is 7.35. The second-order valence-electron chi connectivity index (χ2n) is 6.81. The zero-order valence-electron chi connectivity index (χ0n) is 12.0. The van der Waals surface area contributed by atoms with Gasteiger partial charge in [-0.1, -0.05) is 30.3 Å². The second kappa shape index (κ2) is 4.45. The number of rotatable bonds is 2. The van der Waals surface area contributed by atoms with Gasteiger partial charge in [0.25, 0.3) is 0 Å². The van der Waals surface area contributed by atoms with Gasteiger partial charge in [0.1, 0.15) is 5.78 Å². The van der Waals surface area contributed by atoms with E-state index >= 15 is 0 Å². The van der Waals surface area contributed by atoms with Crippen LogP contribution in [-0.4, -0.2) is 21.8 Å². The topological polar surface area (TPSA) is 20.3 Å². The summed E-state index contributed by atoms with van der Waals surface area (Å²) in [6, 6.07) is 10.7. The molecular weight excluding hydrogens is 234 g/mol. The van der Waals surface area contributed by atoms with Crippen LogP contribution < -0.4 is 0 Å². The van der Waals surface area contributed by atoms with Crippen molar-refractivity contribution in [3.05, 3.63) is 35.9 Å². The fraction of sp³-hybridized carbons (Fsp3) is 0.588. The minimum atomic E-state index is 0.0676. The van der Waals surface area contributed by atoms with Crippen LogP contribution in [0.2, 0.25) is 0 Å². The number of fused-ring (bicyclic) bond motifs is 2. The van der Waals surface area contributed by atoms with E-state index in [2.05, 4.69) is 49.1 Å². The molecule has 2 fully saturated rings. The lowest BCUT2D eigenvalue weighted by molar-refractivity contribution is -0.144. The lowest BCUT2D eigenvalue weighted by atomic mass is 9.68. The molecule has 1 aromatic carbocycles. The molecular formula is C17H23NO. The Labute approximate surface area is 115 Å². The largest absolute Gasteiger partial charge is 0.300 e. The molecule has 0 amide bonds. The average molecular weight is 257 g/mol. The first-order valence-electron chi connectivity index (χ1n) is 7.35. The van der Waals surface area contributed by atoms with Crippen LogP contribution in [0.25, 0.3) is 0 Å². The molecule has 0 radical (unpaired) electrons. The van der Waals surface area contributed by atoms with Crippen molar-refractivity contribution in [2.75, 3.05) is 0 Å². The molecule has 2 saturated heterocycles. The maximum atomic E-state index is 12.1. The molecule has 0 aromatic heterocycles. The highest BCUT2D eigenvalue weighted by Crippen LogP contribution is 2.47. The number of carbonyl (C=O) groups excluding carboxylic acids is 1. The van der Waals surface area contributed by atoms with Crippen molar-refractivity contribution in [2.45, 2.75) is 63.6 Å². The van der Waals surface area contributed by atoms with E-state index in [0.717, 1.165) is 32.2 Å². The molecule has 2 nitrogen and oxygen atoms in total. The summed E-state index contributed by atoms with van der Waals surface area (Å²) in [6.07, 6.45) is 5.03. The van der Waals surface area contributed by atoms with Gasteiger partial charge in [0.2, 0.25) is 0 Å². The van der Waals surface area contributed by atoms with Crippen LogP contribution in [0.3, 0.4) is 0 Å². The molecule has 102 valence electrons. The summed E-state index contributed by atoms with van der Waals surface area (Å²) in [5, 5.41) is 0. The van der Waals surface area contributed by atoms with Crippen molar-refractivity contribution < 1.29 is 4.79 Å². The molecule has 2 aliphatic heterocycles. The van der Waals surface area contributed by atoms with Crippen LogP contribution in [0.15, 0.2) is 30.3 Å². The van der Waals surface area contributed by atoms with Gasteiger partial charge < -0.3 is 0 Å². The third kappa shape index (κ3) is 2.23. The van der Waals surface area contributed by atoms with Gasteiger partial charge in [-0.2, -0.15) is 0 Å². The quantitative estimate of drug-likeness (QED) is 0.807. The van der Waals surface area contributed by atoms with Gasteiger partial charge in [-0.25, -0.2) is 0 Å². The number of ketones is 1. The van der Waals surface area contributed by atoms with E-state index in [1.807, 2.05) is 0 Å². The summed E-state index contributed by atoms with van der Waals surface area (Å²) in [6.45, 7) is 5.54. The Hall–Kier alpha value is -1.15. The minimum Gasteiger partial charge on any atom is -0.300 e. The molecule has 2 heteroatoms. The number of benzene rings is 1. The summed E-state index contributed by atoms with van der Waals surface area (Å²) in [4.78, 5) is 14.7.